The molecular weight excluding hydrogens is 620 g/mol. The normalized spacial score (nSPS) is 20.6. The summed E-state index contributed by atoms with van der Waals surface area (Å²) in [6.07, 6.45) is 7.01. The smallest absolute Gasteiger partial charge is 0.237 e. The van der Waals surface area contributed by atoms with Crippen LogP contribution >= 0.6 is 0 Å². The zero-order valence-corrected chi connectivity index (χ0v) is 28.6. The number of nitrogens with two attached hydrogens (primary N) is 1. The Hall–Kier alpha value is -4.62. The van der Waals surface area contributed by atoms with Gasteiger partial charge in [-0.1, -0.05) is 30.3 Å². The van der Waals surface area contributed by atoms with Gasteiger partial charge in [0, 0.05) is 57.3 Å². The molecular formula is C36H48N10O3. The second-order valence-corrected chi connectivity index (χ2v) is 13.5. The number of likely N-dealkylation sites (tertiary alicyclic amines) is 2. The Morgan fingerprint density at radius 1 is 1.10 bits per heavy atom. The number of nitrogens with zero attached hydrogens (tertiary/aromatic N) is 6. The average Bonchev–Trinajstić information content (AvgIpc) is 3.59. The lowest BCUT2D eigenvalue weighted by molar-refractivity contribution is -0.134. The molecule has 5 N–H and O–H groups in total. The van der Waals surface area contributed by atoms with Crippen molar-refractivity contribution < 1.29 is 14.3 Å². The highest BCUT2D eigenvalue weighted by Gasteiger charge is 2.42. The molecule has 5 heterocycles. The minimum atomic E-state index is -0.237. The average molecular weight is 669 g/mol. The SMILES string of the molecule is CCN(C(=O)[C@@H]1CCN(CC(=O)N2CC=C(c3ccc(C(=N)/N=C\NC)cc3)CC2)C1)c1ccc(N)c(C(=N)N2CCC3(CC2)COC3)n1. The minimum absolute atomic E-state index is 0.0161. The van der Waals surface area contributed by atoms with Crippen LogP contribution in [0.2, 0.25) is 0 Å². The third kappa shape index (κ3) is 7.52. The Morgan fingerprint density at radius 2 is 1.86 bits per heavy atom. The van der Waals surface area contributed by atoms with Crippen molar-refractivity contribution in [1.82, 2.24) is 25.0 Å². The Bertz CT molecular complexity index is 1620. The molecule has 49 heavy (non-hydrogen) atoms. The van der Waals surface area contributed by atoms with Crippen molar-refractivity contribution in [3.8, 4) is 0 Å². The van der Waals surface area contributed by atoms with Crippen molar-refractivity contribution in [2.75, 3.05) is 83.3 Å². The molecule has 4 aliphatic heterocycles. The number of benzene rings is 1. The standard InChI is InChI=1S/C36H48N10O3/c1-3-46(30-9-8-29(37)32(42-30)34(39)45-18-13-36(14-19-45)22-49-23-36)35(48)28-10-15-43(20-28)21-31(47)44-16-11-26(12-17-44)25-4-6-27(7-5-25)33(38)41-24-40-2/h4-9,11,24,28,39H,3,10,12-23,37H2,1-2H3,(H2,38,40,41)/t28-/m1/s1. The minimum Gasteiger partial charge on any atom is -0.397 e. The Labute approximate surface area is 288 Å². The maximum absolute atomic E-state index is 13.8. The van der Waals surface area contributed by atoms with Gasteiger partial charge in [0.25, 0.3) is 0 Å². The van der Waals surface area contributed by atoms with Gasteiger partial charge in [-0.3, -0.25) is 30.2 Å². The quantitative estimate of drug-likeness (QED) is 0.234. The highest BCUT2D eigenvalue weighted by molar-refractivity contribution is 6.01. The van der Waals surface area contributed by atoms with Crippen LogP contribution in [0, 0.1) is 22.2 Å². The van der Waals surface area contributed by atoms with Crippen LogP contribution < -0.4 is 16.0 Å². The number of piperidine rings is 1. The summed E-state index contributed by atoms with van der Waals surface area (Å²) in [6, 6.07) is 11.3. The zero-order valence-electron chi connectivity index (χ0n) is 28.6. The molecule has 3 saturated heterocycles. The van der Waals surface area contributed by atoms with Crippen molar-refractivity contribution >= 4 is 46.9 Å². The largest absolute Gasteiger partial charge is 0.397 e. The lowest BCUT2D eigenvalue weighted by Gasteiger charge is -2.47. The van der Waals surface area contributed by atoms with Crippen molar-refractivity contribution in [2.24, 2.45) is 16.3 Å². The molecule has 2 amide bonds. The van der Waals surface area contributed by atoms with Gasteiger partial charge in [0.15, 0.2) is 5.84 Å². The molecule has 0 unspecified atom stereocenters. The van der Waals surface area contributed by atoms with Gasteiger partial charge in [-0.15, -0.1) is 0 Å². The number of aromatic nitrogens is 1. The summed E-state index contributed by atoms with van der Waals surface area (Å²) in [5.74, 6) is 0.814. The first-order chi connectivity index (χ1) is 23.7. The van der Waals surface area contributed by atoms with E-state index in [0.717, 1.165) is 56.7 Å². The van der Waals surface area contributed by atoms with Crippen LogP contribution in [-0.4, -0.2) is 122 Å². The van der Waals surface area contributed by atoms with Gasteiger partial charge in [-0.2, -0.15) is 0 Å². The number of carbonyl (C=O) groups is 2. The molecule has 6 rings (SSSR count). The van der Waals surface area contributed by atoms with Gasteiger partial charge in [0.05, 0.1) is 37.7 Å². The summed E-state index contributed by atoms with van der Waals surface area (Å²) < 4.78 is 5.45. The van der Waals surface area contributed by atoms with E-state index in [9.17, 15) is 9.59 Å². The number of pyridine rings is 1. The van der Waals surface area contributed by atoms with E-state index in [1.54, 1.807) is 24.1 Å². The van der Waals surface area contributed by atoms with E-state index in [-0.39, 0.29) is 35.5 Å². The van der Waals surface area contributed by atoms with E-state index in [2.05, 4.69) is 21.3 Å². The van der Waals surface area contributed by atoms with Gasteiger partial charge in [-0.05, 0) is 62.4 Å². The number of anilines is 2. The Balaban J connectivity index is 1.01. The van der Waals surface area contributed by atoms with Crippen molar-refractivity contribution in [3.63, 3.8) is 0 Å². The lowest BCUT2D eigenvalue weighted by atomic mass is 9.77. The van der Waals surface area contributed by atoms with Crippen LogP contribution in [0.3, 0.4) is 0 Å². The fraction of sp³-hybridized carbons (Fsp3) is 0.500. The molecule has 2 aromatic rings. The number of nitrogen functional groups attached to an aromatic ring is 1. The first-order valence-electron chi connectivity index (χ1n) is 17.3. The summed E-state index contributed by atoms with van der Waals surface area (Å²) in [5.41, 5.74) is 10.4. The molecule has 0 bridgehead atoms. The molecule has 0 saturated carbocycles. The molecule has 1 aromatic heterocycles. The monoisotopic (exact) mass is 668 g/mol. The van der Waals surface area contributed by atoms with Crippen LogP contribution in [0.15, 0.2) is 47.5 Å². The van der Waals surface area contributed by atoms with E-state index in [1.165, 1.54) is 11.9 Å². The number of aliphatic imine (C=N–C) groups is 1. The van der Waals surface area contributed by atoms with Crippen molar-refractivity contribution in [2.45, 2.75) is 32.6 Å². The number of ether oxygens (including phenoxy) is 1. The lowest BCUT2D eigenvalue weighted by Crippen LogP contribution is -2.52. The maximum Gasteiger partial charge on any atom is 0.237 e. The molecule has 1 aromatic carbocycles. The molecule has 1 spiro atoms. The molecule has 4 aliphatic rings. The molecule has 260 valence electrons. The molecule has 0 aliphatic carbocycles. The number of nitrogens with one attached hydrogen (secondary N) is 3. The Morgan fingerprint density at radius 3 is 2.49 bits per heavy atom. The molecule has 13 heteroatoms. The first kappa shape index (κ1) is 34.3. The van der Waals surface area contributed by atoms with Crippen LogP contribution in [0.1, 0.15) is 49.4 Å². The van der Waals surface area contributed by atoms with Crippen LogP contribution in [0.5, 0.6) is 0 Å². The zero-order chi connectivity index (χ0) is 34.5. The fourth-order valence-corrected chi connectivity index (χ4v) is 7.16. The predicted octanol–water partition coefficient (Wildman–Crippen LogP) is 2.67. The maximum atomic E-state index is 13.8. The van der Waals surface area contributed by atoms with Crippen molar-refractivity contribution in [1.29, 1.82) is 10.8 Å². The number of rotatable bonds is 9. The van der Waals surface area contributed by atoms with Gasteiger partial charge < -0.3 is 25.6 Å². The Kier molecular flexibility index (Phi) is 10.4. The molecule has 0 radical (unpaired) electrons. The highest BCUT2D eigenvalue weighted by atomic mass is 16.5. The number of carbonyl (C=O) groups excluding carboxylic acids is 2. The third-order valence-corrected chi connectivity index (χ3v) is 10.3. The van der Waals surface area contributed by atoms with Gasteiger partial charge in [-0.25, -0.2) is 9.98 Å². The summed E-state index contributed by atoms with van der Waals surface area (Å²) in [4.78, 5) is 43.5. The van der Waals surface area contributed by atoms with E-state index in [0.29, 0.717) is 62.2 Å². The second kappa shape index (κ2) is 14.9. The first-order valence-corrected chi connectivity index (χ1v) is 17.3. The van der Waals surface area contributed by atoms with Gasteiger partial charge in [0.1, 0.15) is 17.3 Å². The fourth-order valence-electron chi connectivity index (χ4n) is 7.16. The van der Waals surface area contributed by atoms with E-state index < -0.39 is 0 Å². The summed E-state index contributed by atoms with van der Waals surface area (Å²) in [7, 11) is 1.74. The summed E-state index contributed by atoms with van der Waals surface area (Å²) >= 11 is 0. The predicted molar refractivity (Wildman–Crippen MR) is 192 cm³/mol. The number of hydrogen-bond acceptors (Lipinski definition) is 8. The molecule has 3 fully saturated rings. The van der Waals surface area contributed by atoms with E-state index in [1.807, 2.05) is 41.0 Å². The second-order valence-electron chi connectivity index (χ2n) is 13.5. The summed E-state index contributed by atoms with van der Waals surface area (Å²) in [5, 5.41) is 19.8. The van der Waals surface area contributed by atoms with Gasteiger partial charge >= 0.3 is 0 Å². The van der Waals surface area contributed by atoms with Crippen molar-refractivity contribution in [3.05, 3.63) is 59.3 Å². The summed E-state index contributed by atoms with van der Waals surface area (Å²) in [6.45, 7) is 8.20. The number of hydrogen-bond donors (Lipinski definition) is 4. The molecule has 1 atom stereocenters. The number of amides is 2. The number of amidine groups is 2. The third-order valence-electron chi connectivity index (χ3n) is 10.3. The van der Waals surface area contributed by atoms with Crippen LogP contribution in [0.25, 0.3) is 5.57 Å². The van der Waals surface area contributed by atoms with Gasteiger partial charge in [0.2, 0.25) is 11.8 Å². The van der Waals surface area contributed by atoms with Crippen LogP contribution in [-0.2, 0) is 14.3 Å². The molecule has 13 nitrogen and oxygen atoms in total. The highest BCUT2D eigenvalue weighted by Crippen LogP contribution is 2.39. The van der Waals surface area contributed by atoms with E-state index in [4.69, 9.17) is 26.3 Å². The van der Waals surface area contributed by atoms with Crippen LogP contribution in [0.4, 0.5) is 11.5 Å². The topological polar surface area (TPSA) is 167 Å². The van der Waals surface area contributed by atoms with E-state index >= 15 is 0 Å².